The molecule has 108 valence electrons. The van der Waals surface area contributed by atoms with Crippen molar-refractivity contribution in [2.24, 2.45) is 11.7 Å². The van der Waals surface area contributed by atoms with Crippen LogP contribution in [-0.4, -0.2) is 43.8 Å². The second-order valence-corrected chi connectivity index (χ2v) is 5.70. The molecule has 1 fully saturated rings. The Hall–Kier alpha value is -0.120. The van der Waals surface area contributed by atoms with Crippen molar-refractivity contribution in [2.75, 3.05) is 32.8 Å². The topological polar surface area (TPSA) is 38.5 Å². The van der Waals surface area contributed by atoms with Crippen LogP contribution in [0.3, 0.4) is 0 Å². The zero-order valence-electron chi connectivity index (χ0n) is 12.4. The maximum atomic E-state index is 5.91. The van der Waals surface area contributed by atoms with Crippen LogP contribution in [-0.2, 0) is 4.74 Å². The molecule has 0 radical (unpaired) electrons. The maximum Gasteiger partial charge on any atom is 0.0593 e. The molecule has 0 aliphatic heterocycles. The van der Waals surface area contributed by atoms with Crippen LogP contribution in [0.5, 0.6) is 0 Å². The van der Waals surface area contributed by atoms with Crippen LogP contribution in [0.15, 0.2) is 0 Å². The molecule has 3 nitrogen and oxygen atoms in total. The van der Waals surface area contributed by atoms with Crippen LogP contribution in [0.1, 0.15) is 52.4 Å². The minimum absolute atomic E-state index is 0.450. The van der Waals surface area contributed by atoms with Gasteiger partial charge < -0.3 is 15.4 Å². The van der Waals surface area contributed by atoms with Gasteiger partial charge in [0.05, 0.1) is 6.61 Å². The van der Waals surface area contributed by atoms with E-state index in [2.05, 4.69) is 18.7 Å². The van der Waals surface area contributed by atoms with E-state index in [0.29, 0.717) is 6.04 Å². The molecular formula is C15H32N2O. The highest BCUT2D eigenvalue weighted by molar-refractivity contribution is 4.73. The van der Waals surface area contributed by atoms with E-state index in [-0.39, 0.29) is 0 Å². The molecule has 0 heterocycles. The number of nitrogens with zero attached hydrogens (tertiary/aromatic N) is 1. The van der Waals surface area contributed by atoms with Gasteiger partial charge in [0.1, 0.15) is 0 Å². The molecule has 0 aromatic carbocycles. The van der Waals surface area contributed by atoms with Crippen LogP contribution in [0.25, 0.3) is 0 Å². The third-order valence-corrected chi connectivity index (χ3v) is 3.88. The molecule has 0 atom stereocenters. The molecule has 3 heteroatoms. The predicted octanol–water partition coefficient (Wildman–Crippen LogP) is 2.64. The summed E-state index contributed by atoms with van der Waals surface area (Å²) in [4.78, 5) is 2.51. The Morgan fingerprint density at radius 2 is 1.61 bits per heavy atom. The Kier molecular flexibility index (Phi) is 8.64. The molecule has 18 heavy (non-hydrogen) atoms. The molecule has 1 saturated carbocycles. The van der Waals surface area contributed by atoms with E-state index >= 15 is 0 Å². The van der Waals surface area contributed by atoms with E-state index in [1.165, 1.54) is 51.6 Å². The van der Waals surface area contributed by atoms with Crippen LogP contribution in [0, 0.1) is 5.92 Å². The summed E-state index contributed by atoms with van der Waals surface area (Å²) in [5.74, 6) is 0.760. The molecule has 0 amide bonds. The van der Waals surface area contributed by atoms with Crippen LogP contribution in [0.2, 0.25) is 0 Å². The van der Waals surface area contributed by atoms with Gasteiger partial charge in [-0.15, -0.1) is 0 Å². The highest BCUT2D eigenvalue weighted by Gasteiger charge is 2.18. The van der Waals surface area contributed by atoms with Crippen LogP contribution in [0.4, 0.5) is 0 Å². The minimum atomic E-state index is 0.450. The number of nitrogens with two attached hydrogens (primary N) is 1. The first-order valence-electron chi connectivity index (χ1n) is 7.81. The summed E-state index contributed by atoms with van der Waals surface area (Å²) in [6.07, 6.45) is 7.36. The summed E-state index contributed by atoms with van der Waals surface area (Å²) in [6.45, 7) is 9.82. The van der Waals surface area contributed by atoms with Crippen molar-refractivity contribution in [2.45, 2.75) is 58.4 Å². The zero-order valence-corrected chi connectivity index (χ0v) is 12.4. The average molecular weight is 256 g/mol. The molecule has 0 unspecified atom stereocenters. The van der Waals surface area contributed by atoms with Crippen molar-refractivity contribution in [1.82, 2.24) is 4.90 Å². The fourth-order valence-electron chi connectivity index (χ4n) is 2.77. The Balaban J connectivity index is 2.02. The third kappa shape index (κ3) is 6.72. The van der Waals surface area contributed by atoms with Gasteiger partial charge in [0.2, 0.25) is 0 Å². The summed E-state index contributed by atoms with van der Waals surface area (Å²) in [6, 6.07) is 0.450. The number of ether oxygens (including phenoxy) is 1. The standard InChI is InChI=1S/C15H32N2O/c1-3-9-17(10-4-2)11-12-18-13-14-5-7-15(16)8-6-14/h14-15H,3-13,16H2,1-2H3. The Labute approximate surface area is 113 Å². The maximum absolute atomic E-state index is 5.91. The van der Waals surface area contributed by atoms with Gasteiger partial charge in [-0.05, 0) is 57.5 Å². The summed E-state index contributed by atoms with van der Waals surface area (Å²) in [5.41, 5.74) is 5.91. The largest absolute Gasteiger partial charge is 0.380 e. The van der Waals surface area contributed by atoms with Gasteiger partial charge in [0, 0.05) is 19.2 Å². The lowest BCUT2D eigenvalue weighted by Crippen LogP contribution is -2.31. The van der Waals surface area contributed by atoms with Crippen molar-refractivity contribution in [1.29, 1.82) is 0 Å². The third-order valence-electron chi connectivity index (χ3n) is 3.88. The van der Waals surface area contributed by atoms with Crippen molar-refractivity contribution in [3.63, 3.8) is 0 Å². The van der Waals surface area contributed by atoms with Crippen molar-refractivity contribution < 1.29 is 4.74 Å². The van der Waals surface area contributed by atoms with E-state index < -0.39 is 0 Å². The summed E-state index contributed by atoms with van der Waals surface area (Å²) in [7, 11) is 0. The quantitative estimate of drug-likeness (QED) is 0.645. The second-order valence-electron chi connectivity index (χ2n) is 5.70. The lowest BCUT2D eigenvalue weighted by Gasteiger charge is -2.26. The van der Waals surface area contributed by atoms with Gasteiger partial charge in [-0.1, -0.05) is 13.8 Å². The highest BCUT2D eigenvalue weighted by atomic mass is 16.5. The molecule has 0 aromatic heterocycles. The van der Waals surface area contributed by atoms with Gasteiger partial charge in [0.25, 0.3) is 0 Å². The number of hydrogen-bond donors (Lipinski definition) is 1. The first-order chi connectivity index (χ1) is 8.76. The second kappa shape index (κ2) is 9.76. The average Bonchev–Trinajstić information content (AvgIpc) is 2.37. The van der Waals surface area contributed by atoms with E-state index in [1.54, 1.807) is 0 Å². The molecule has 0 saturated heterocycles. The monoisotopic (exact) mass is 256 g/mol. The van der Waals surface area contributed by atoms with E-state index in [4.69, 9.17) is 10.5 Å². The molecular weight excluding hydrogens is 224 g/mol. The number of rotatable bonds is 9. The lowest BCUT2D eigenvalue weighted by atomic mass is 9.87. The molecule has 0 bridgehead atoms. The SMILES string of the molecule is CCCN(CCC)CCOCC1CCC(N)CC1. The van der Waals surface area contributed by atoms with Gasteiger partial charge >= 0.3 is 0 Å². The summed E-state index contributed by atoms with van der Waals surface area (Å²) >= 11 is 0. The molecule has 1 aliphatic rings. The minimum Gasteiger partial charge on any atom is -0.380 e. The van der Waals surface area contributed by atoms with E-state index in [0.717, 1.165) is 25.7 Å². The fourth-order valence-corrected chi connectivity index (χ4v) is 2.77. The molecule has 2 N–H and O–H groups in total. The van der Waals surface area contributed by atoms with E-state index in [1.807, 2.05) is 0 Å². The summed E-state index contributed by atoms with van der Waals surface area (Å²) < 4.78 is 5.85. The highest BCUT2D eigenvalue weighted by Crippen LogP contribution is 2.23. The van der Waals surface area contributed by atoms with Crippen LogP contribution < -0.4 is 5.73 Å². The first-order valence-corrected chi connectivity index (χ1v) is 7.81. The zero-order chi connectivity index (χ0) is 13.2. The normalized spacial score (nSPS) is 24.7. The fraction of sp³-hybridized carbons (Fsp3) is 1.00. The van der Waals surface area contributed by atoms with Crippen molar-refractivity contribution in [3.05, 3.63) is 0 Å². The van der Waals surface area contributed by atoms with Crippen molar-refractivity contribution in [3.8, 4) is 0 Å². The van der Waals surface area contributed by atoms with Gasteiger partial charge in [-0.25, -0.2) is 0 Å². The molecule has 1 rings (SSSR count). The molecule has 0 spiro atoms. The van der Waals surface area contributed by atoms with Gasteiger partial charge in [-0.2, -0.15) is 0 Å². The Bertz CT molecular complexity index is 185. The lowest BCUT2D eigenvalue weighted by molar-refractivity contribution is 0.0651. The van der Waals surface area contributed by atoms with Gasteiger partial charge in [0.15, 0.2) is 0 Å². The predicted molar refractivity (Wildman–Crippen MR) is 77.8 cm³/mol. The number of hydrogen-bond acceptors (Lipinski definition) is 3. The molecule has 1 aliphatic carbocycles. The van der Waals surface area contributed by atoms with Crippen molar-refractivity contribution >= 4 is 0 Å². The Morgan fingerprint density at radius 3 is 2.17 bits per heavy atom. The molecule has 0 aromatic rings. The van der Waals surface area contributed by atoms with Gasteiger partial charge in [-0.3, -0.25) is 0 Å². The van der Waals surface area contributed by atoms with Crippen LogP contribution >= 0.6 is 0 Å². The summed E-state index contributed by atoms with van der Waals surface area (Å²) in [5, 5.41) is 0. The first kappa shape index (κ1) is 15.9. The Morgan fingerprint density at radius 1 is 1.00 bits per heavy atom. The smallest absolute Gasteiger partial charge is 0.0593 e. The van der Waals surface area contributed by atoms with E-state index in [9.17, 15) is 0 Å².